The predicted molar refractivity (Wildman–Crippen MR) is 118 cm³/mol. The van der Waals surface area contributed by atoms with E-state index in [-0.39, 0.29) is 11.8 Å². The van der Waals surface area contributed by atoms with Crippen LogP contribution in [0, 0.1) is 6.92 Å². The molecule has 154 valence electrons. The summed E-state index contributed by atoms with van der Waals surface area (Å²) in [6, 6.07) is 17.1. The number of fused-ring (bicyclic) bond motifs is 1. The van der Waals surface area contributed by atoms with Gasteiger partial charge in [0.05, 0.1) is 16.6 Å². The van der Waals surface area contributed by atoms with Gasteiger partial charge in [-0.25, -0.2) is 0 Å². The van der Waals surface area contributed by atoms with Gasteiger partial charge in [0.1, 0.15) is 11.4 Å². The molecule has 1 N–H and O–H groups in total. The van der Waals surface area contributed by atoms with Crippen molar-refractivity contribution in [3.05, 3.63) is 60.4 Å². The number of carbonyl (C=O) groups excluding carboxylic acids is 2. The van der Waals surface area contributed by atoms with Crippen LogP contribution < -0.4 is 10.2 Å². The van der Waals surface area contributed by atoms with E-state index in [1.165, 1.54) is 11.8 Å². The molecule has 0 saturated heterocycles. The summed E-state index contributed by atoms with van der Waals surface area (Å²) >= 11 is 1.33. The molecule has 1 atom stereocenters. The Bertz CT molecular complexity index is 1110. The van der Waals surface area contributed by atoms with Crippen molar-refractivity contribution < 1.29 is 9.59 Å². The Morgan fingerprint density at radius 1 is 1.07 bits per heavy atom. The van der Waals surface area contributed by atoms with Crippen LogP contribution in [0.2, 0.25) is 0 Å². The summed E-state index contributed by atoms with van der Waals surface area (Å²) in [5, 5.41) is 11.5. The first-order valence-electron chi connectivity index (χ1n) is 9.69. The fraction of sp³-hybridized carbons (Fsp3) is 0.273. The molecule has 3 aromatic rings. The van der Waals surface area contributed by atoms with Gasteiger partial charge < -0.3 is 5.32 Å². The molecule has 0 bridgehead atoms. The zero-order chi connectivity index (χ0) is 21.5. The van der Waals surface area contributed by atoms with Crippen molar-refractivity contribution in [2.45, 2.75) is 43.6 Å². The van der Waals surface area contributed by atoms with Crippen molar-refractivity contribution in [1.82, 2.24) is 14.8 Å². The van der Waals surface area contributed by atoms with E-state index in [0.717, 1.165) is 11.5 Å². The standard InChI is InChI=1S/C22H23N5O2S/c1-14(30-21-25-24-15(2)26(21)16-10-6-5-7-11-16)19(28)27-18-13-9-8-12-17(18)23-20(29)22(27,3)4/h5-14H,1-4H3,(H,23,29)/t14-/m1/s1. The van der Waals surface area contributed by atoms with Crippen LogP contribution >= 0.6 is 11.8 Å². The molecule has 1 aliphatic heterocycles. The molecule has 7 nitrogen and oxygen atoms in total. The average Bonchev–Trinajstić information content (AvgIpc) is 3.09. The number of nitrogens with one attached hydrogen (secondary N) is 1. The number of amides is 2. The molecule has 30 heavy (non-hydrogen) atoms. The minimum Gasteiger partial charge on any atom is -0.322 e. The van der Waals surface area contributed by atoms with Crippen LogP contribution in [0.15, 0.2) is 59.8 Å². The molecule has 1 aromatic heterocycles. The first-order chi connectivity index (χ1) is 14.3. The summed E-state index contributed by atoms with van der Waals surface area (Å²) in [6.45, 7) is 7.22. The van der Waals surface area contributed by atoms with Crippen LogP contribution in [0.25, 0.3) is 5.69 Å². The molecule has 0 unspecified atom stereocenters. The highest BCUT2D eigenvalue weighted by atomic mass is 32.2. The summed E-state index contributed by atoms with van der Waals surface area (Å²) in [5.74, 6) is 0.369. The van der Waals surface area contributed by atoms with Gasteiger partial charge in [-0.15, -0.1) is 10.2 Å². The fourth-order valence-electron chi connectivity index (χ4n) is 3.53. The van der Waals surface area contributed by atoms with Gasteiger partial charge in [0.15, 0.2) is 5.16 Å². The number of para-hydroxylation sites is 3. The number of thioether (sulfide) groups is 1. The van der Waals surface area contributed by atoms with Crippen molar-refractivity contribution >= 4 is 35.0 Å². The summed E-state index contributed by atoms with van der Waals surface area (Å²) < 4.78 is 1.93. The van der Waals surface area contributed by atoms with E-state index < -0.39 is 10.8 Å². The molecule has 0 saturated carbocycles. The summed E-state index contributed by atoms with van der Waals surface area (Å²) in [7, 11) is 0. The van der Waals surface area contributed by atoms with Gasteiger partial charge in [-0.2, -0.15) is 0 Å². The zero-order valence-electron chi connectivity index (χ0n) is 17.3. The maximum atomic E-state index is 13.5. The Kier molecular flexibility index (Phi) is 5.11. The monoisotopic (exact) mass is 421 g/mol. The highest BCUT2D eigenvalue weighted by Crippen LogP contribution is 2.38. The second-order valence-electron chi connectivity index (χ2n) is 7.66. The lowest BCUT2D eigenvalue weighted by atomic mass is 9.96. The lowest BCUT2D eigenvalue weighted by Crippen LogP contribution is -2.60. The van der Waals surface area contributed by atoms with Crippen LogP contribution in [-0.4, -0.2) is 37.4 Å². The molecule has 2 heterocycles. The van der Waals surface area contributed by atoms with Crippen LogP contribution in [0.1, 0.15) is 26.6 Å². The molecule has 4 rings (SSSR count). The van der Waals surface area contributed by atoms with Crippen LogP contribution in [0.3, 0.4) is 0 Å². The number of benzene rings is 2. The van der Waals surface area contributed by atoms with Gasteiger partial charge >= 0.3 is 0 Å². The van der Waals surface area contributed by atoms with Crippen molar-refractivity contribution in [2.24, 2.45) is 0 Å². The normalized spacial score (nSPS) is 16.0. The third-order valence-corrected chi connectivity index (χ3v) is 6.20. The molecule has 1 aliphatic rings. The SMILES string of the molecule is Cc1nnc(S[C@H](C)C(=O)N2c3ccccc3NC(=O)C2(C)C)n1-c1ccccc1. The Hall–Kier alpha value is -3.13. The molecule has 2 amide bonds. The van der Waals surface area contributed by atoms with Crippen LogP contribution in [0.5, 0.6) is 0 Å². The molecule has 8 heteroatoms. The summed E-state index contributed by atoms with van der Waals surface area (Å²) in [5.41, 5.74) is 1.25. The lowest BCUT2D eigenvalue weighted by molar-refractivity contribution is -0.126. The van der Waals surface area contributed by atoms with Gasteiger partial charge in [0.2, 0.25) is 11.8 Å². The number of nitrogens with zero attached hydrogens (tertiary/aromatic N) is 4. The molecule has 0 fully saturated rings. The number of rotatable bonds is 4. The predicted octanol–water partition coefficient (Wildman–Crippen LogP) is 3.82. The molecule has 0 spiro atoms. The number of carbonyl (C=O) groups is 2. The molecule has 0 radical (unpaired) electrons. The third kappa shape index (κ3) is 3.37. The highest BCUT2D eigenvalue weighted by Gasteiger charge is 2.45. The zero-order valence-corrected chi connectivity index (χ0v) is 18.1. The average molecular weight is 422 g/mol. The van der Waals surface area contributed by atoms with Crippen LogP contribution in [-0.2, 0) is 9.59 Å². The topological polar surface area (TPSA) is 80.1 Å². The Balaban J connectivity index is 1.66. The van der Waals surface area contributed by atoms with E-state index in [4.69, 9.17) is 0 Å². The van der Waals surface area contributed by atoms with E-state index in [0.29, 0.717) is 16.5 Å². The summed E-state index contributed by atoms with van der Waals surface area (Å²) in [6.07, 6.45) is 0. The minimum atomic E-state index is -1.01. The Morgan fingerprint density at radius 3 is 2.47 bits per heavy atom. The first kappa shape index (κ1) is 20.2. The van der Waals surface area contributed by atoms with E-state index in [1.54, 1.807) is 24.8 Å². The maximum absolute atomic E-state index is 13.5. The Morgan fingerprint density at radius 2 is 1.73 bits per heavy atom. The quantitative estimate of drug-likeness (QED) is 0.648. The maximum Gasteiger partial charge on any atom is 0.250 e. The molecular weight excluding hydrogens is 398 g/mol. The first-order valence-corrected chi connectivity index (χ1v) is 10.6. The van der Waals surface area contributed by atoms with Gasteiger partial charge in [-0.1, -0.05) is 42.1 Å². The van der Waals surface area contributed by atoms with Gasteiger partial charge in [-0.05, 0) is 52.0 Å². The van der Waals surface area contributed by atoms with Gasteiger partial charge in [0.25, 0.3) is 0 Å². The van der Waals surface area contributed by atoms with Crippen molar-refractivity contribution in [2.75, 3.05) is 10.2 Å². The number of hydrogen-bond donors (Lipinski definition) is 1. The number of aromatic nitrogens is 3. The number of anilines is 2. The number of hydrogen-bond acceptors (Lipinski definition) is 5. The van der Waals surface area contributed by atoms with E-state index in [9.17, 15) is 9.59 Å². The largest absolute Gasteiger partial charge is 0.322 e. The van der Waals surface area contributed by atoms with E-state index >= 15 is 0 Å². The van der Waals surface area contributed by atoms with Crippen LogP contribution in [0.4, 0.5) is 11.4 Å². The molecular formula is C22H23N5O2S. The molecule has 2 aromatic carbocycles. The minimum absolute atomic E-state index is 0.160. The highest BCUT2D eigenvalue weighted by molar-refractivity contribution is 8.00. The second-order valence-corrected chi connectivity index (χ2v) is 8.97. The Labute approximate surface area is 179 Å². The van der Waals surface area contributed by atoms with Crippen molar-refractivity contribution in [3.63, 3.8) is 0 Å². The third-order valence-electron chi connectivity index (χ3n) is 5.17. The van der Waals surface area contributed by atoms with Crippen molar-refractivity contribution in [3.8, 4) is 5.69 Å². The van der Waals surface area contributed by atoms with Gasteiger partial charge in [-0.3, -0.25) is 19.1 Å². The second kappa shape index (κ2) is 7.60. The molecule has 0 aliphatic carbocycles. The van der Waals surface area contributed by atoms with Crippen molar-refractivity contribution in [1.29, 1.82) is 0 Å². The summed E-state index contributed by atoms with van der Waals surface area (Å²) in [4.78, 5) is 27.8. The number of aryl methyl sites for hydroxylation is 1. The van der Waals surface area contributed by atoms with E-state index in [2.05, 4.69) is 15.5 Å². The van der Waals surface area contributed by atoms with Gasteiger partial charge in [0, 0.05) is 5.69 Å². The lowest BCUT2D eigenvalue weighted by Gasteiger charge is -2.43. The van der Waals surface area contributed by atoms with E-state index in [1.807, 2.05) is 66.9 Å². The fourth-order valence-corrected chi connectivity index (χ4v) is 4.48. The smallest absolute Gasteiger partial charge is 0.250 e.